The molecule has 1 aromatic heterocycles. The fourth-order valence-electron chi connectivity index (χ4n) is 2.17. The lowest BCUT2D eigenvalue weighted by molar-refractivity contribution is 1.16. The van der Waals surface area contributed by atoms with Crippen molar-refractivity contribution in [3.05, 3.63) is 65.4 Å². The number of rotatable bonds is 2. The van der Waals surface area contributed by atoms with Crippen molar-refractivity contribution in [2.24, 2.45) is 0 Å². The third kappa shape index (κ3) is 3.21. The second-order valence-corrected chi connectivity index (χ2v) is 8.17. The Labute approximate surface area is 154 Å². The van der Waals surface area contributed by atoms with Gasteiger partial charge in [0.2, 0.25) is 0 Å². The van der Waals surface area contributed by atoms with E-state index in [0.29, 0.717) is 0 Å². The number of imidazole rings is 1. The molecule has 108 valence electrons. The molecular formula is C14H8Br4N2O. The molecule has 2 aromatic carbocycles. The molecule has 0 saturated heterocycles. The molecule has 0 aliphatic carbocycles. The van der Waals surface area contributed by atoms with Crippen LogP contribution in [0.25, 0.3) is 11.0 Å². The van der Waals surface area contributed by atoms with Gasteiger partial charge in [-0.3, -0.25) is 0 Å². The predicted molar refractivity (Wildman–Crippen MR) is 99.2 cm³/mol. The molecule has 0 aliphatic heterocycles. The first-order chi connectivity index (χ1) is 9.94. The van der Waals surface area contributed by atoms with Crippen molar-refractivity contribution < 1.29 is 0 Å². The molecule has 0 spiro atoms. The van der Waals surface area contributed by atoms with Crippen LogP contribution in [0.5, 0.6) is 0 Å². The van der Waals surface area contributed by atoms with Gasteiger partial charge in [0.15, 0.2) is 0 Å². The largest absolute Gasteiger partial charge is 0.323 e. The van der Waals surface area contributed by atoms with Crippen molar-refractivity contribution in [2.75, 3.05) is 0 Å². The number of hydrogen-bond donors (Lipinski definition) is 2. The maximum atomic E-state index is 11.4. The summed E-state index contributed by atoms with van der Waals surface area (Å²) in [5.41, 5.74) is 3.52. The summed E-state index contributed by atoms with van der Waals surface area (Å²) >= 11 is 14.3. The van der Waals surface area contributed by atoms with Gasteiger partial charge in [0.05, 0.1) is 15.9 Å². The molecule has 1 unspecified atom stereocenters. The Morgan fingerprint density at radius 1 is 0.857 bits per heavy atom. The monoisotopic (exact) mass is 536 g/mol. The molecule has 21 heavy (non-hydrogen) atoms. The number of aromatic nitrogens is 2. The number of hydrogen-bond acceptors (Lipinski definition) is 1. The van der Waals surface area contributed by atoms with Gasteiger partial charge in [-0.1, -0.05) is 63.7 Å². The van der Waals surface area contributed by atoms with E-state index in [-0.39, 0.29) is 10.5 Å². The number of H-pyrrole nitrogens is 2. The molecule has 0 fully saturated rings. The second kappa shape index (κ2) is 6.02. The van der Waals surface area contributed by atoms with E-state index in [1.807, 2.05) is 18.2 Å². The van der Waals surface area contributed by atoms with Crippen LogP contribution in [-0.4, -0.2) is 9.97 Å². The van der Waals surface area contributed by atoms with Crippen molar-refractivity contribution in [1.29, 1.82) is 0 Å². The smallest absolute Gasteiger partial charge is 0.306 e. The third-order valence-electron chi connectivity index (χ3n) is 3.08. The fourth-order valence-corrected chi connectivity index (χ4v) is 5.02. The van der Waals surface area contributed by atoms with Crippen LogP contribution in [-0.2, 0) is 0 Å². The van der Waals surface area contributed by atoms with E-state index in [1.54, 1.807) is 0 Å². The minimum Gasteiger partial charge on any atom is -0.306 e. The van der Waals surface area contributed by atoms with Crippen molar-refractivity contribution >= 4 is 74.8 Å². The Morgan fingerprint density at radius 2 is 1.43 bits per heavy atom. The first kappa shape index (κ1) is 15.5. The van der Waals surface area contributed by atoms with Crippen LogP contribution >= 0.6 is 63.7 Å². The highest BCUT2D eigenvalue weighted by atomic mass is 79.9. The second-order valence-electron chi connectivity index (χ2n) is 4.56. The van der Waals surface area contributed by atoms with Gasteiger partial charge in [-0.15, -0.1) is 0 Å². The van der Waals surface area contributed by atoms with E-state index in [9.17, 15) is 4.79 Å². The van der Waals surface area contributed by atoms with Crippen LogP contribution in [0.15, 0.2) is 48.5 Å². The molecule has 7 heteroatoms. The molecule has 0 aliphatic rings. The van der Waals surface area contributed by atoms with Gasteiger partial charge in [-0.2, -0.15) is 0 Å². The summed E-state index contributed by atoms with van der Waals surface area (Å²) in [4.78, 5) is 16.9. The van der Waals surface area contributed by atoms with Crippen LogP contribution in [0, 0.1) is 0 Å². The number of alkyl halides is 1. The molecule has 0 bridgehead atoms. The highest BCUT2D eigenvalue weighted by Crippen LogP contribution is 2.38. The Kier molecular flexibility index (Phi) is 4.45. The third-order valence-corrected chi connectivity index (χ3v) is 5.71. The summed E-state index contributed by atoms with van der Waals surface area (Å²) < 4.78 is 2.94. The van der Waals surface area contributed by atoms with E-state index in [2.05, 4.69) is 85.8 Å². The summed E-state index contributed by atoms with van der Waals surface area (Å²) in [6.07, 6.45) is 0. The van der Waals surface area contributed by atoms with E-state index in [1.165, 1.54) is 0 Å². The summed E-state index contributed by atoms with van der Waals surface area (Å²) in [7, 11) is 0. The normalized spacial score (nSPS) is 12.8. The lowest BCUT2D eigenvalue weighted by Gasteiger charge is -2.14. The highest BCUT2D eigenvalue weighted by Gasteiger charge is 2.16. The number of nitrogens with one attached hydrogen (secondary N) is 2. The number of halogens is 4. The summed E-state index contributed by atoms with van der Waals surface area (Å²) in [5.74, 6) is 0. The van der Waals surface area contributed by atoms with Crippen molar-refractivity contribution in [3.8, 4) is 0 Å². The Hall–Kier alpha value is -0.370. The summed E-state index contributed by atoms with van der Waals surface area (Å²) in [6, 6.07) is 9.97. The Bertz CT molecular complexity index is 864. The minimum atomic E-state index is -0.203. The first-order valence-corrected chi connectivity index (χ1v) is 9.25. The van der Waals surface area contributed by atoms with Gasteiger partial charge in [0.25, 0.3) is 0 Å². The van der Waals surface area contributed by atoms with E-state index < -0.39 is 0 Å². The van der Waals surface area contributed by atoms with E-state index in [0.717, 1.165) is 35.6 Å². The van der Waals surface area contributed by atoms with Crippen molar-refractivity contribution in [3.63, 3.8) is 0 Å². The fraction of sp³-hybridized carbons (Fsp3) is 0.0714. The highest BCUT2D eigenvalue weighted by molar-refractivity contribution is 9.11. The summed E-state index contributed by atoms with van der Waals surface area (Å²) in [6.45, 7) is 0. The SMILES string of the molecule is O=c1[nH]c2cc(Br)c(C(Br)c3cc(Br)cc(Br)c3)cc2[nH]1. The van der Waals surface area contributed by atoms with Gasteiger partial charge in [0, 0.05) is 13.4 Å². The van der Waals surface area contributed by atoms with Crippen LogP contribution < -0.4 is 5.69 Å². The van der Waals surface area contributed by atoms with Crippen molar-refractivity contribution in [2.45, 2.75) is 4.83 Å². The molecule has 1 heterocycles. The van der Waals surface area contributed by atoms with Gasteiger partial charge in [0.1, 0.15) is 0 Å². The van der Waals surface area contributed by atoms with E-state index in [4.69, 9.17) is 0 Å². The molecule has 2 N–H and O–H groups in total. The maximum absolute atomic E-state index is 11.4. The zero-order valence-electron chi connectivity index (χ0n) is 10.4. The number of fused-ring (bicyclic) bond motifs is 1. The van der Waals surface area contributed by atoms with Crippen LogP contribution in [0.1, 0.15) is 16.0 Å². The summed E-state index contributed by atoms with van der Waals surface area (Å²) in [5, 5.41) is 0. The molecule has 3 nitrogen and oxygen atoms in total. The molecule has 0 saturated carbocycles. The molecular weight excluding hydrogens is 532 g/mol. The number of benzene rings is 2. The molecule has 0 radical (unpaired) electrons. The molecule has 3 aromatic rings. The van der Waals surface area contributed by atoms with Gasteiger partial charge >= 0.3 is 5.69 Å². The quantitative estimate of drug-likeness (QED) is 0.408. The zero-order valence-corrected chi connectivity index (χ0v) is 16.7. The van der Waals surface area contributed by atoms with Crippen molar-refractivity contribution in [1.82, 2.24) is 9.97 Å². The van der Waals surface area contributed by atoms with Crippen LogP contribution in [0.2, 0.25) is 0 Å². The lowest BCUT2D eigenvalue weighted by Crippen LogP contribution is -1.99. The molecule has 1 atom stereocenters. The predicted octanol–water partition coefficient (Wildman–Crippen LogP) is 5.63. The Morgan fingerprint density at radius 3 is 2.05 bits per heavy atom. The Balaban J connectivity index is 2.13. The first-order valence-electron chi connectivity index (χ1n) is 5.95. The number of aromatic amines is 2. The van der Waals surface area contributed by atoms with Crippen LogP contribution in [0.3, 0.4) is 0 Å². The van der Waals surface area contributed by atoms with Gasteiger partial charge in [-0.05, 0) is 41.5 Å². The maximum Gasteiger partial charge on any atom is 0.323 e. The minimum absolute atomic E-state index is 0.00322. The van der Waals surface area contributed by atoms with Gasteiger partial charge in [-0.25, -0.2) is 4.79 Å². The lowest BCUT2D eigenvalue weighted by atomic mass is 10.0. The van der Waals surface area contributed by atoms with Gasteiger partial charge < -0.3 is 9.97 Å². The molecule has 0 amide bonds. The average molecular weight is 540 g/mol. The molecule has 3 rings (SSSR count). The van der Waals surface area contributed by atoms with E-state index >= 15 is 0 Å². The standard InChI is InChI=1S/C14H8Br4N2O/c15-7-1-6(2-8(16)3-7)13(18)9-4-11-12(5-10(9)17)20-14(21)19-11/h1-5,13H,(H2,19,20,21). The zero-order chi connectivity index (χ0) is 15.1. The average Bonchev–Trinajstić information content (AvgIpc) is 2.75. The topological polar surface area (TPSA) is 48.6 Å². The van der Waals surface area contributed by atoms with Crippen LogP contribution in [0.4, 0.5) is 0 Å².